The molecule has 0 saturated carbocycles. The number of nitrogens with zero attached hydrogens (tertiary/aromatic N) is 5. The number of ether oxygens (including phenoxy) is 1. The minimum atomic E-state index is -0.405. The number of nitriles is 1. The minimum Gasteiger partial charge on any atom is -0.462 e. The fourth-order valence-electron chi connectivity index (χ4n) is 7.16. The van der Waals surface area contributed by atoms with Crippen LogP contribution in [0.25, 0.3) is 32.9 Å². The maximum Gasteiger partial charge on any atom is 0.319 e. The number of hydrogen-bond acceptors (Lipinski definition) is 8. The van der Waals surface area contributed by atoms with Crippen molar-refractivity contribution < 1.29 is 9.13 Å². The van der Waals surface area contributed by atoms with Crippen molar-refractivity contribution in [1.82, 2.24) is 25.2 Å². The predicted octanol–water partition coefficient (Wildman–Crippen LogP) is 4.12. The van der Waals surface area contributed by atoms with Gasteiger partial charge in [0.2, 0.25) is 0 Å². The van der Waals surface area contributed by atoms with E-state index < -0.39 is 5.82 Å². The molecule has 0 unspecified atom stereocenters. The molecule has 7 rings (SSSR count). The number of fused-ring (bicyclic) bond motifs is 4. The van der Waals surface area contributed by atoms with Crippen LogP contribution >= 0.6 is 0 Å². The number of H-pyrrole nitrogens is 1. The zero-order valence-corrected chi connectivity index (χ0v) is 23.8. The monoisotopic (exact) mass is 568 g/mol. The maximum atomic E-state index is 16.6. The van der Waals surface area contributed by atoms with E-state index in [2.05, 4.69) is 31.2 Å². The van der Waals surface area contributed by atoms with Gasteiger partial charge in [-0.25, -0.2) is 4.39 Å². The average molecular weight is 569 g/mol. The molecular weight excluding hydrogens is 531 g/mol. The molecule has 3 aliphatic rings. The number of nitrogens with one attached hydrogen (secondary N) is 2. The number of hydrogen-bond donors (Lipinski definition) is 3. The van der Waals surface area contributed by atoms with Crippen molar-refractivity contribution in [3.63, 3.8) is 0 Å². The average Bonchev–Trinajstić information content (AvgIpc) is 3.73. The molecule has 42 heavy (non-hydrogen) atoms. The topological polar surface area (TPSA) is 119 Å². The molecule has 0 radical (unpaired) electrons. The molecule has 2 bridgehead atoms. The normalized spacial score (nSPS) is 22.3. The number of benzene rings is 2. The molecule has 4 N–H and O–H groups in total. The van der Waals surface area contributed by atoms with Gasteiger partial charge in [-0.2, -0.15) is 15.2 Å². The summed E-state index contributed by atoms with van der Waals surface area (Å²) in [7, 11) is 0. The van der Waals surface area contributed by atoms with Crippen molar-refractivity contribution in [2.24, 2.45) is 5.73 Å². The quantitative estimate of drug-likeness (QED) is 0.276. The van der Waals surface area contributed by atoms with Crippen molar-refractivity contribution in [1.29, 1.82) is 5.26 Å². The van der Waals surface area contributed by atoms with Gasteiger partial charge in [-0.1, -0.05) is 18.2 Å². The third-order valence-electron chi connectivity index (χ3n) is 9.19. The summed E-state index contributed by atoms with van der Waals surface area (Å²) in [4.78, 5) is 17.6. The molecule has 218 valence electrons. The highest BCUT2D eigenvalue weighted by Gasteiger charge is 2.34. The first-order valence-corrected chi connectivity index (χ1v) is 15.2. The highest BCUT2D eigenvalue weighted by molar-refractivity contribution is 6.01. The van der Waals surface area contributed by atoms with Crippen LogP contribution in [-0.4, -0.2) is 77.3 Å². The second-order valence-electron chi connectivity index (χ2n) is 11.9. The summed E-state index contributed by atoms with van der Waals surface area (Å²) in [6, 6.07) is 13.1. The number of halogens is 1. The first-order valence-electron chi connectivity index (χ1n) is 15.2. The fourth-order valence-corrected chi connectivity index (χ4v) is 7.16. The SMILES string of the molecule is N#CCc1cccc2[nH]cc(-c3ccc4c(N5C[C@H]6CC[C@@H](C5)N6)nc(OC[C@@H]5CCCN5CCCN)nc4c3F)c12. The van der Waals surface area contributed by atoms with E-state index in [9.17, 15) is 5.26 Å². The first-order chi connectivity index (χ1) is 20.6. The van der Waals surface area contributed by atoms with Gasteiger partial charge in [0.1, 0.15) is 17.9 Å². The lowest BCUT2D eigenvalue weighted by molar-refractivity contribution is 0.164. The van der Waals surface area contributed by atoms with E-state index in [4.69, 9.17) is 15.5 Å². The summed E-state index contributed by atoms with van der Waals surface area (Å²) >= 11 is 0. The van der Waals surface area contributed by atoms with Gasteiger partial charge in [-0.15, -0.1) is 0 Å². The van der Waals surface area contributed by atoms with E-state index >= 15 is 4.39 Å². The summed E-state index contributed by atoms with van der Waals surface area (Å²) in [5.41, 5.74) is 8.92. The van der Waals surface area contributed by atoms with E-state index in [1.165, 1.54) is 0 Å². The van der Waals surface area contributed by atoms with Crippen molar-refractivity contribution in [3.8, 4) is 23.2 Å². The van der Waals surface area contributed by atoms with Crippen LogP contribution in [0.4, 0.5) is 10.2 Å². The molecule has 0 spiro atoms. The number of anilines is 1. The lowest BCUT2D eigenvalue weighted by Crippen LogP contribution is -2.51. The molecule has 0 amide bonds. The van der Waals surface area contributed by atoms with E-state index in [0.29, 0.717) is 36.2 Å². The lowest BCUT2D eigenvalue weighted by Gasteiger charge is -2.34. The van der Waals surface area contributed by atoms with Gasteiger partial charge in [-0.3, -0.25) is 4.90 Å². The highest BCUT2D eigenvalue weighted by Crippen LogP contribution is 2.38. The summed E-state index contributed by atoms with van der Waals surface area (Å²) in [5, 5.41) is 14.6. The van der Waals surface area contributed by atoms with Crippen LogP contribution in [0, 0.1) is 17.1 Å². The number of likely N-dealkylation sites (tertiary alicyclic amines) is 1. The van der Waals surface area contributed by atoms with Crippen molar-refractivity contribution in [2.75, 3.05) is 44.2 Å². The smallest absolute Gasteiger partial charge is 0.319 e. The van der Waals surface area contributed by atoms with Gasteiger partial charge in [0.25, 0.3) is 0 Å². The van der Waals surface area contributed by atoms with Gasteiger partial charge >= 0.3 is 6.01 Å². The fraction of sp³-hybridized carbons (Fsp3) is 0.469. The summed E-state index contributed by atoms with van der Waals surface area (Å²) in [6.45, 7) is 4.77. The summed E-state index contributed by atoms with van der Waals surface area (Å²) < 4.78 is 22.9. The molecule has 5 heterocycles. The van der Waals surface area contributed by atoms with Crippen LogP contribution in [0.3, 0.4) is 0 Å². The van der Waals surface area contributed by atoms with Crippen LogP contribution in [0.15, 0.2) is 36.5 Å². The zero-order chi connectivity index (χ0) is 28.6. The molecule has 2 aromatic carbocycles. The third kappa shape index (κ3) is 4.96. The lowest BCUT2D eigenvalue weighted by atomic mass is 9.98. The first kappa shape index (κ1) is 27.1. The highest BCUT2D eigenvalue weighted by atomic mass is 19.1. The maximum absolute atomic E-state index is 16.6. The largest absolute Gasteiger partial charge is 0.462 e. The Morgan fingerprint density at radius 1 is 1.10 bits per heavy atom. The van der Waals surface area contributed by atoms with Gasteiger partial charge in [0.05, 0.1) is 12.5 Å². The Kier molecular flexibility index (Phi) is 7.40. The summed E-state index contributed by atoms with van der Waals surface area (Å²) in [5.74, 6) is 0.326. The van der Waals surface area contributed by atoms with Crippen LogP contribution in [0.1, 0.15) is 37.7 Å². The number of aromatic nitrogens is 3. The van der Waals surface area contributed by atoms with Gasteiger partial charge in [0, 0.05) is 64.8 Å². The molecule has 3 saturated heterocycles. The molecule has 2 aromatic heterocycles. The van der Waals surface area contributed by atoms with Crippen molar-refractivity contribution in [3.05, 3.63) is 47.9 Å². The van der Waals surface area contributed by atoms with E-state index in [0.717, 1.165) is 86.1 Å². The third-order valence-corrected chi connectivity index (χ3v) is 9.19. The summed E-state index contributed by atoms with van der Waals surface area (Å²) in [6.07, 6.45) is 7.47. The zero-order valence-electron chi connectivity index (χ0n) is 23.8. The second kappa shape index (κ2) is 11.5. The van der Waals surface area contributed by atoms with Crippen LogP contribution < -0.4 is 20.7 Å². The number of piperazine rings is 1. The molecule has 0 aliphatic carbocycles. The standard InChI is InChI=1S/C32H37FN8O/c33-29-24(26-16-36-27-6-1-4-20(11-13-35)28(26)27)9-10-25-30(29)38-32(42-19-23-5-2-14-40(23)15-3-12-34)39-31(25)41-17-21-7-8-22(18-41)37-21/h1,4,6,9-10,16,21-23,36-37H,2-3,5,7-8,11-12,14-15,17-19,34H2/t21-,22+,23-/m0/s1. The Bertz CT molecular complexity index is 1640. The molecule has 3 fully saturated rings. The van der Waals surface area contributed by atoms with Crippen molar-refractivity contribution >= 4 is 27.6 Å². The molecule has 3 atom stereocenters. The Hall–Kier alpha value is -3.78. The minimum absolute atomic E-state index is 0.217. The Morgan fingerprint density at radius 3 is 2.76 bits per heavy atom. The van der Waals surface area contributed by atoms with Gasteiger partial charge in [-0.05, 0) is 69.4 Å². The number of rotatable bonds is 9. The van der Waals surface area contributed by atoms with E-state index in [-0.39, 0.29) is 24.0 Å². The molecule has 9 nitrogen and oxygen atoms in total. The Balaban J connectivity index is 1.29. The Labute approximate surface area is 244 Å². The number of aromatic amines is 1. The second-order valence-corrected chi connectivity index (χ2v) is 11.9. The molecule has 4 aromatic rings. The van der Waals surface area contributed by atoms with Gasteiger partial charge in [0.15, 0.2) is 5.82 Å². The van der Waals surface area contributed by atoms with Crippen LogP contribution in [0.2, 0.25) is 0 Å². The van der Waals surface area contributed by atoms with Crippen LogP contribution in [0.5, 0.6) is 6.01 Å². The van der Waals surface area contributed by atoms with E-state index in [1.807, 2.05) is 36.5 Å². The van der Waals surface area contributed by atoms with Crippen molar-refractivity contribution in [2.45, 2.75) is 56.7 Å². The number of nitrogens with two attached hydrogens (primary N) is 1. The predicted molar refractivity (Wildman–Crippen MR) is 162 cm³/mol. The molecule has 3 aliphatic heterocycles. The molecule has 10 heteroatoms. The van der Waals surface area contributed by atoms with Crippen LogP contribution in [-0.2, 0) is 6.42 Å². The Morgan fingerprint density at radius 2 is 1.95 bits per heavy atom. The molecular formula is C32H37FN8O. The van der Waals surface area contributed by atoms with Gasteiger partial charge < -0.3 is 25.7 Å². The van der Waals surface area contributed by atoms with E-state index in [1.54, 1.807) is 0 Å².